The van der Waals surface area contributed by atoms with Gasteiger partial charge in [0.15, 0.2) is 0 Å². The van der Waals surface area contributed by atoms with Crippen LogP contribution in [-0.2, 0) is 17.0 Å². The molecular weight excluding hydrogens is 734 g/mol. The smallest absolute Gasteiger partial charge is 0.310 e. The first-order chi connectivity index (χ1) is 28.0. The predicted molar refractivity (Wildman–Crippen MR) is 240 cm³/mol. The molecule has 0 N–H and O–H groups in total. The summed E-state index contributed by atoms with van der Waals surface area (Å²) in [6.07, 6.45) is -4.41. The van der Waals surface area contributed by atoms with Gasteiger partial charge in [-0.1, -0.05) is 93.9 Å². The van der Waals surface area contributed by atoms with E-state index in [9.17, 15) is 13.2 Å². The molecule has 0 saturated heterocycles. The summed E-state index contributed by atoms with van der Waals surface area (Å²) in [7, 11) is 0. The first-order valence-electron chi connectivity index (χ1n) is 20.4. The predicted octanol–water partition coefficient (Wildman–Crippen LogP) is 15.8. The highest BCUT2D eigenvalue weighted by atomic mass is 19.4. The van der Waals surface area contributed by atoms with Crippen LogP contribution in [0.15, 0.2) is 133 Å². The molecule has 7 aromatic carbocycles. The Bertz CT molecular complexity index is 2810. The number of benzene rings is 7. The summed E-state index contributed by atoms with van der Waals surface area (Å²) < 4.78 is 41.1. The van der Waals surface area contributed by atoms with Gasteiger partial charge < -0.3 is 9.80 Å². The molecule has 0 radical (unpaired) electrons. The topological polar surface area (TPSA) is 6.48 Å². The Hall–Kier alpha value is -6.07. The molecule has 2 aliphatic rings. The number of fused-ring (bicyclic) bond motifs is 7. The Morgan fingerprint density at radius 3 is 1.20 bits per heavy atom. The van der Waals surface area contributed by atoms with Gasteiger partial charge in [-0.2, -0.15) is 13.2 Å². The minimum atomic E-state index is -4.41. The molecule has 296 valence electrons. The van der Waals surface area contributed by atoms with Crippen molar-refractivity contribution in [2.75, 3.05) is 9.80 Å². The zero-order chi connectivity index (χ0) is 41.8. The van der Waals surface area contributed by atoms with Crippen molar-refractivity contribution in [1.82, 2.24) is 0 Å². The molecule has 2 aliphatic carbocycles. The van der Waals surface area contributed by atoms with Crippen LogP contribution in [0.1, 0.15) is 83.3 Å². The molecule has 0 aromatic heterocycles. The number of rotatable bonds is 6. The molecule has 0 saturated carbocycles. The van der Waals surface area contributed by atoms with Gasteiger partial charge in [0.1, 0.15) is 0 Å². The highest BCUT2D eigenvalue weighted by molar-refractivity contribution is 5.97. The summed E-state index contributed by atoms with van der Waals surface area (Å²) in [5.74, 6) is 0. The first kappa shape index (κ1) is 38.4. The lowest BCUT2D eigenvalue weighted by Gasteiger charge is -2.33. The van der Waals surface area contributed by atoms with Gasteiger partial charge in [0.05, 0.1) is 5.56 Å². The molecule has 0 aliphatic heterocycles. The van der Waals surface area contributed by atoms with E-state index in [1.54, 1.807) is 12.1 Å². The fourth-order valence-corrected chi connectivity index (χ4v) is 9.98. The molecule has 59 heavy (non-hydrogen) atoms. The molecule has 7 aromatic rings. The number of hydrogen-bond acceptors (Lipinski definition) is 2. The van der Waals surface area contributed by atoms with Crippen molar-refractivity contribution in [3.05, 3.63) is 189 Å². The Morgan fingerprint density at radius 1 is 0.441 bits per heavy atom. The minimum absolute atomic E-state index is 0.316. The van der Waals surface area contributed by atoms with Crippen LogP contribution in [0.5, 0.6) is 0 Å². The molecule has 0 unspecified atom stereocenters. The summed E-state index contributed by atoms with van der Waals surface area (Å²) >= 11 is 0. The van der Waals surface area contributed by atoms with Crippen LogP contribution < -0.4 is 9.80 Å². The lowest BCUT2D eigenvalue weighted by atomic mass is 9.71. The van der Waals surface area contributed by atoms with E-state index in [0.29, 0.717) is 5.69 Å². The Kier molecular flexibility index (Phi) is 8.79. The summed E-state index contributed by atoms with van der Waals surface area (Å²) in [4.78, 5) is 4.47. The van der Waals surface area contributed by atoms with E-state index in [1.807, 2.05) is 31.2 Å². The van der Waals surface area contributed by atoms with Gasteiger partial charge in [-0.25, -0.2) is 0 Å². The highest BCUT2D eigenvalue weighted by Gasteiger charge is 2.48. The maximum absolute atomic E-state index is 13.7. The molecule has 9 rings (SSSR count). The minimum Gasteiger partial charge on any atom is -0.310 e. The van der Waals surface area contributed by atoms with Crippen molar-refractivity contribution in [3.8, 4) is 22.3 Å². The van der Waals surface area contributed by atoms with Crippen molar-refractivity contribution < 1.29 is 13.2 Å². The molecule has 2 nitrogen and oxygen atoms in total. The van der Waals surface area contributed by atoms with Crippen molar-refractivity contribution in [1.29, 1.82) is 0 Å². The third kappa shape index (κ3) is 5.92. The molecule has 0 heterocycles. The van der Waals surface area contributed by atoms with E-state index in [1.165, 1.54) is 78.9 Å². The van der Waals surface area contributed by atoms with Crippen LogP contribution in [0.25, 0.3) is 22.3 Å². The number of anilines is 6. The maximum atomic E-state index is 13.7. The maximum Gasteiger partial charge on any atom is 0.416 e. The largest absolute Gasteiger partial charge is 0.416 e. The van der Waals surface area contributed by atoms with Crippen LogP contribution >= 0.6 is 0 Å². The zero-order valence-electron chi connectivity index (χ0n) is 35.2. The van der Waals surface area contributed by atoms with Gasteiger partial charge in [-0.3, -0.25) is 0 Å². The standard InChI is InChI=1S/C54H49F3N2/c1-32-18-22-38(23-19-32)58(46-16-12-10-14-33(46)2)40-26-28-42-44(30-40)52(6,7)50-48(42)35(4)36(5)49-43-29-27-41(31-45(43)53(8,9)51(49)50)59(47-17-13-11-15-34(47)3)39-24-20-37(21-25-39)54(55,56)57/h10-31H,1-9H3. The summed E-state index contributed by atoms with van der Waals surface area (Å²) in [6.45, 7) is 20.3. The van der Waals surface area contributed by atoms with Gasteiger partial charge in [-0.15, -0.1) is 0 Å². The second-order valence-electron chi connectivity index (χ2n) is 17.6. The van der Waals surface area contributed by atoms with Crippen molar-refractivity contribution >= 4 is 34.1 Å². The fraction of sp³-hybridized carbons (Fsp3) is 0.222. The molecule has 0 spiro atoms. The first-order valence-corrected chi connectivity index (χ1v) is 20.4. The van der Waals surface area contributed by atoms with Crippen LogP contribution in [-0.4, -0.2) is 0 Å². The fourth-order valence-electron chi connectivity index (χ4n) is 9.98. The number of para-hydroxylation sites is 2. The third-order valence-electron chi connectivity index (χ3n) is 13.2. The van der Waals surface area contributed by atoms with E-state index in [-0.39, 0.29) is 10.8 Å². The molecule has 0 bridgehead atoms. The zero-order valence-corrected chi connectivity index (χ0v) is 35.2. The van der Waals surface area contributed by atoms with E-state index >= 15 is 0 Å². The Balaban J connectivity index is 1.20. The van der Waals surface area contributed by atoms with E-state index in [2.05, 4.69) is 150 Å². The van der Waals surface area contributed by atoms with Crippen LogP contribution in [0, 0.1) is 34.6 Å². The lowest BCUT2D eigenvalue weighted by Crippen LogP contribution is -2.25. The number of alkyl halides is 3. The normalized spacial score (nSPS) is 14.4. The Morgan fingerprint density at radius 2 is 0.814 bits per heavy atom. The average Bonchev–Trinajstić information content (AvgIpc) is 3.58. The van der Waals surface area contributed by atoms with Crippen molar-refractivity contribution in [2.24, 2.45) is 0 Å². The molecule has 0 fully saturated rings. The summed E-state index contributed by atoms with van der Waals surface area (Å²) in [5.41, 5.74) is 21.0. The van der Waals surface area contributed by atoms with Crippen LogP contribution in [0.2, 0.25) is 0 Å². The quantitative estimate of drug-likeness (QED) is 0.166. The number of aryl methyl sites for hydroxylation is 3. The number of nitrogens with zero attached hydrogens (tertiary/aromatic N) is 2. The molecule has 5 heteroatoms. The SMILES string of the molecule is Cc1ccc(N(c2ccc3c(c2)C(C)(C)c2c-3c(C)c(C)c3c2C(C)(C)c2cc(N(c4ccc(C(F)(F)F)cc4)c4ccccc4C)ccc2-3)c2ccccc2C)cc1. The van der Waals surface area contributed by atoms with Crippen LogP contribution in [0.3, 0.4) is 0 Å². The van der Waals surface area contributed by atoms with Gasteiger partial charge in [0.25, 0.3) is 0 Å². The van der Waals surface area contributed by atoms with Crippen molar-refractivity contribution in [3.63, 3.8) is 0 Å². The van der Waals surface area contributed by atoms with Crippen molar-refractivity contribution in [2.45, 2.75) is 79.3 Å². The summed E-state index contributed by atoms with van der Waals surface area (Å²) in [5, 5.41) is 0. The molecular formula is C54H49F3N2. The third-order valence-corrected chi connectivity index (χ3v) is 13.2. The summed E-state index contributed by atoms with van der Waals surface area (Å²) in [6, 6.07) is 44.6. The van der Waals surface area contributed by atoms with E-state index < -0.39 is 11.7 Å². The van der Waals surface area contributed by atoms with Gasteiger partial charge in [0.2, 0.25) is 0 Å². The molecule has 0 atom stereocenters. The number of hydrogen-bond donors (Lipinski definition) is 0. The van der Waals surface area contributed by atoms with Crippen LogP contribution in [0.4, 0.5) is 47.3 Å². The van der Waals surface area contributed by atoms with Gasteiger partial charge in [0, 0.05) is 45.0 Å². The average molecular weight is 783 g/mol. The second kappa shape index (κ2) is 13.5. The number of halogens is 3. The van der Waals surface area contributed by atoms with E-state index in [4.69, 9.17) is 0 Å². The van der Waals surface area contributed by atoms with E-state index in [0.717, 1.165) is 34.0 Å². The Labute approximate surface area is 346 Å². The monoisotopic (exact) mass is 782 g/mol. The lowest BCUT2D eigenvalue weighted by molar-refractivity contribution is -0.137. The van der Waals surface area contributed by atoms with Gasteiger partial charge in [-0.05, 0) is 174 Å². The molecule has 0 amide bonds. The highest BCUT2D eigenvalue weighted by Crippen LogP contribution is 2.62. The second-order valence-corrected chi connectivity index (χ2v) is 17.6. The van der Waals surface area contributed by atoms with Gasteiger partial charge >= 0.3 is 6.18 Å².